The number of nitrogens with one attached hydrogen (secondary N) is 1. The summed E-state index contributed by atoms with van der Waals surface area (Å²) in [6.45, 7) is 2.26. The van der Waals surface area contributed by atoms with Gasteiger partial charge in [-0.15, -0.1) is 0 Å². The summed E-state index contributed by atoms with van der Waals surface area (Å²) in [6, 6.07) is 4.45. The van der Waals surface area contributed by atoms with Gasteiger partial charge in [-0.2, -0.15) is 0 Å². The van der Waals surface area contributed by atoms with Crippen LogP contribution < -0.4 is 10.1 Å². The molecule has 0 radical (unpaired) electrons. The Hall–Kier alpha value is -2.08. The number of hydrogen-bond donors (Lipinski definition) is 2. The normalized spacial score (nSPS) is 21.5. The van der Waals surface area contributed by atoms with Gasteiger partial charge in [-0.25, -0.2) is 4.79 Å². The molecule has 108 valence electrons. The van der Waals surface area contributed by atoms with E-state index < -0.39 is 5.97 Å². The van der Waals surface area contributed by atoms with Gasteiger partial charge in [0.1, 0.15) is 5.75 Å². The third kappa shape index (κ3) is 3.08. The summed E-state index contributed by atoms with van der Waals surface area (Å²) in [4.78, 5) is 23.3. The fraction of sp³-hybridized carbons (Fsp3) is 0.429. The first-order chi connectivity index (χ1) is 9.51. The Morgan fingerprint density at radius 2 is 2.20 bits per heavy atom. The molecule has 0 aliphatic carbocycles. The van der Waals surface area contributed by atoms with Gasteiger partial charge >= 0.3 is 5.97 Å². The van der Waals surface area contributed by atoms with Crippen LogP contribution in [-0.2, 0) is 9.53 Å². The summed E-state index contributed by atoms with van der Waals surface area (Å²) < 4.78 is 10.4. The third-order valence-electron chi connectivity index (χ3n) is 3.28. The first kappa shape index (κ1) is 14.3. The minimum absolute atomic E-state index is 0.0334. The maximum atomic E-state index is 12.1. The van der Waals surface area contributed by atoms with E-state index in [1.54, 1.807) is 6.07 Å². The van der Waals surface area contributed by atoms with Gasteiger partial charge in [-0.3, -0.25) is 4.79 Å². The van der Waals surface area contributed by atoms with E-state index in [9.17, 15) is 9.59 Å². The second-order valence-corrected chi connectivity index (χ2v) is 4.78. The van der Waals surface area contributed by atoms with Gasteiger partial charge in [0.25, 0.3) is 0 Å². The number of hydrogen-bond acceptors (Lipinski definition) is 4. The molecule has 2 unspecified atom stereocenters. The molecule has 2 N–H and O–H groups in total. The van der Waals surface area contributed by atoms with E-state index in [-0.39, 0.29) is 29.2 Å². The zero-order chi connectivity index (χ0) is 14.7. The average molecular weight is 279 g/mol. The molecule has 1 aliphatic heterocycles. The van der Waals surface area contributed by atoms with Crippen LogP contribution in [-0.4, -0.2) is 36.8 Å². The summed E-state index contributed by atoms with van der Waals surface area (Å²) in [6.07, 6.45) is 0.688. The lowest BCUT2D eigenvalue weighted by molar-refractivity contribution is -0.119. The van der Waals surface area contributed by atoms with Gasteiger partial charge in [-0.1, -0.05) is 0 Å². The number of ether oxygens (including phenoxy) is 2. The van der Waals surface area contributed by atoms with E-state index in [1.165, 1.54) is 19.2 Å². The molecule has 1 aromatic carbocycles. The van der Waals surface area contributed by atoms with Crippen LogP contribution >= 0.6 is 0 Å². The van der Waals surface area contributed by atoms with Gasteiger partial charge in [0.2, 0.25) is 5.91 Å². The van der Waals surface area contributed by atoms with Crippen molar-refractivity contribution in [2.24, 2.45) is 5.92 Å². The Morgan fingerprint density at radius 3 is 2.75 bits per heavy atom. The van der Waals surface area contributed by atoms with E-state index in [1.807, 2.05) is 6.92 Å². The van der Waals surface area contributed by atoms with E-state index >= 15 is 0 Å². The summed E-state index contributed by atoms with van der Waals surface area (Å²) in [5.41, 5.74) is 0.271. The lowest BCUT2D eigenvalue weighted by atomic mass is 10.0. The number of methoxy groups -OCH3 is 1. The molecule has 1 heterocycles. The largest absolute Gasteiger partial charge is 0.497 e. The van der Waals surface area contributed by atoms with Crippen molar-refractivity contribution in [3.05, 3.63) is 23.8 Å². The SMILES string of the molecule is COc1ccc(C(=O)O)c(NC(=O)C2COC(C)C2)c1. The molecule has 0 saturated carbocycles. The van der Waals surface area contributed by atoms with Crippen molar-refractivity contribution in [2.45, 2.75) is 19.4 Å². The summed E-state index contributed by atoms with van der Waals surface area (Å²) in [5.74, 6) is -1.09. The minimum atomic E-state index is -1.10. The van der Waals surface area contributed by atoms with Crippen LogP contribution in [0, 0.1) is 5.92 Å². The lowest BCUT2D eigenvalue weighted by Crippen LogP contribution is -2.24. The molecular weight excluding hydrogens is 262 g/mol. The number of carboxylic acids is 1. The smallest absolute Gasteiger partial charge is 0.337 e. The van der Waals surface area contributed by atoms with Crippen molar-refractivity contribution in [3.63, 3.8) is 0 Å². The fourth-order valence-electron chi connectivity index (χ4n) is 2.17. The highest BCUT2D eigenvalue weighted by Gasteiger charge is 2.29. The first-order valence-electron chi connectivity index (χ1n) is 6.35. The number of benzene rings is 1. The zero-order valence-electron chi connectivity index (χ0n) is 11.4. The molecule has 0 bridgehead atoms. The van der Waals surface area contributed by atoms with Crippen molar-refractivity contribution in [1.29, 1.82) is 0 Å². The lowest BCUT2D eigenvalue weighted by Gasteiger charge is -2.13. The van der Waals surface area contributed by atoms with Crippen LogP contribution in [0.15, 0.2) is 18.2 Å². The topological polar surface area (TPSA) is 84.9 Å². The van der Waals surface area contributed by atoms with E-state index in [4.69, 9.17) is 14.6 Å². The highest BCUT2D eigenvalue weighted by Crippen LogP contribution is 2.25. The van der Waals surface area contributed by atoms with E-state index in [0.717, 1.165) is 0 Å². The maximum absolute atomic E-state index is 12.1. The van der Waals surface area contributed by atoms with Crippen LogP contribution in [0.25, 0.3) is 0 Å². The summed E-state index contributed by atoms with van der Waals surface area (Å²) in [7, 11) is 1.48. The van der Waals surface area contributed by atoms with Crippen molar-refractivity contribution >= 4 is 17.6 Å². The minimum Gasteiger partial charge on any atom is -0.497 e. The molecule has 20 heavy (non-hydrogen) atoms. The number of aromatic carboxylic acids is 1. The predicted molar refractivity (Wildman–Crippen MR) is 72.1 cm³/mol. The number of rotatable bonds is 4. The second-order valence-electron chi connectivity index (χ2n) is 4.78. The zero-order valence-corrected chi connectivity index (χ0v) is 11.4. The van der Waals surface area contributed by atoms with Crippen molar-refractivity contribution in [3.8, 4) is 5.75 Å². The molecular formula is C14H17NO5. The molecule has 6 nitrogen and oxygen atoms in total. The molecule has 0 aromatic heterocycles. The van der Waals surface area contributed by atoms with Crippen LogP contribution in [0.4, 0.5) is 5.69 Å². The molecule has 1 aliphatic rings. The molecule has 1 aromatic rings. The van der Waals surface area contributed by atoms with Crippen LogP contribution in [0.5, 0.6) is 5.75 Å². The van der Waals surface area contributed by atoms with E-state index in [0.29, 0.717) is 18.8 Å². The van der Waals surface area contributed by atoms with Gasteiger partial charge in [0.05, 0.1) is 37.0 Å². The Kier molecular flexibility index (Phi) is 4.24. The summed E-state index contributed by atoms with van der Waals surface area (Å²) in [5, 5.41) is 11.8. The third-order valence-corrected chi connectivity index (χ3v) is 3.28. The number of carboxylic acid groups (broad SMARTS) is 1. The first-order valence-corrected chi connectivity index (χ1v) is 6.35. The second kappa shape index (κ2) is 5.92. The molecule has 0 spiro atoms. The quantitative estimate of drug-likeness (QED) is 0.877. The molecule has 1 saturated heterocycles. The number of carbonyl (C=O) groups excluding carboxylic acids is 1. The Labute approximate surface area is 116 Å². The standard InChI is InChI=1S/C14H17NO5/c1-8-5-9(7-20-8)13(16)15-12-6-10(19-2)3-4-11(12)14(17)18/h3-4,6,8-9H,5,7H2,1-2H3,(H,15,16)(H,17,18). The van der Waals surface area contributed by atoms with E-state index in [2.05, 4.69) is 5.32 Å². The Balaban J connectivity index is 2.18. The van der Waals surface area contributed by atoms with Crippen LogP contribution in [0.3, 0.4) is 0 Å². The predicted octanol–water partition coefficient (Wildman–Crippen LogP) is 1.76. The molecule has 2 atom stereocenters. The van der Waals surface area contributed by atoms with Crippen LogP contribution in [0.2, 0.25) is 0 Å². The van der Waals surface area contributed by atoms with Gasteiger partial charge in [0, 0.05) is 6.07 Å². The molecule has 2 rings (SSSR count). The monoisotopic (exact) mass is 279 g/mol. The molecule has 1 amide bonds. The number of anilines is 1. The number of carbonyl (C=O) groups is 2. The fourth-order valence-corrected chi connectivity index (χ4v) is 2.17. The van der Waals surface area contributed by atoms with Crippen LogP contribution in [0.1, 0.15) is 23.7 Å². The van der Waals surface area contributed by atoms with Gasteiger partial charge < -0.3 is 19.9 Å². The van der Waals surface area contributed by atoms with Gasteiger partial charge in [0.15, 0.2) is 0 Å². The highest BCUT2D eigenvalue weighted by molar-refractivity contribution is 6.01. The highest BCUT2D eigenvalue weighted by atomic mass is 16.5. The number of amides is 1. The van der Waals surface area contributed by atoms with Crippen molar-refractivity contribution < 1.29 is 24.2 Å². The molecule has 1 fully saturated rings. The van der Waals surface area contributed by atoms with Crippen molar-refractivity contribution in [2.75, 3.05) is 19.0 Å². The maximum Gasteiger partial charge on any atom is 0.337 e. The summed E-state index contributed by atoms with van der Waals surface area (Å²) >= 11 is 0. The van der Waals surface area contributed by atoms with Gasteiger partial charge in [-0.05, 0) is 25.5 Å². The Morgan fingerprint density at radius 1 is 1.45 bits per heavy atom. The van der Waals surface area contributed by atoms with Crippen molar-refractivity contribution in [1.82, 2.24) is 0 Å². The Bertz CT molecular complexity index is 528. The average Bonchev–Trinajstić information content (AvgIpc) is 2.85. The molecule has 6 heteroatoms.